The SMILES string of the molecule is COc1cccc(CN[C@@H](Cc2ccsc2)c2nccs2)c1OC. The van der Waals surface area contributed by atoms with E-state index in [0.717, 1.165) is 28.5 Å². The van der Waals surface area contributed by atoms with Crippen molar-refractivity contribution in [2.75, 3.05) is 14.2 Å². The zero-order valence-electron chi connectivity index (χ0n) is 13.7. The molecule has 0 spiro atoms. The molecule has 1 aromatic carbocycles. The minimum atomic E-state index is 0.176. The van der Waals surface area contributed by atoms with Gasteiger partial charge < -0.3 is 14.8 Å². The zero-order valence-corrected chi connectivity index (χ0v) is 15.3. The molecule has 0 bridgehead atoms. The van der Waals surface area contributed by atoms with Crippen LogP contribution in [0, 0.1) is 0 Å². The van der Waals surface area contributed by atoms with Crippen LogP contribution in [0.3, 0.4) is 0 Å². The van der Waals surface area contributed by atoms with Gasteiger partial charge in [0, 0.05) is 23.7 Å². The summed E-state index contributed by atoms with van der Waals surface area (Å²) < 4.78 is 10.9. The number of para-hydroxylation sites is 1. The first kappa shape index (κ1) is 17.0. The molecule has 1 atom stereocenters. The fraction of sp³-hybridized carbons (Fsp3) is 0.278. The third kappa shape index (κ3) is 3.95. The fourth-order valence-corrected chi connectivity index (χ4v) is 4.02. The summed E-state index contributed by atoms with van der Waals surface area (Å²) in [4.78, 5) is 4.49. The number of thiophene rings is 1. The van der Waals surface area contributed by atoms with E-state index in [4.69, 9.17) is 9.47 Å². The number of hydrogen-bond acceptors (Lipinski definition) is 6. The predicted octanol–water partition coefficient (Wildman–Crippen LogP) is 4.30. The Labute approximate surface area is 150 Å². The maximum absolute atomic E-state index is 5.52. The van der Waals surface area contributed by atoms with Crippen molar-refractivity contribution in [1.82, 2.24) is 10.3 Å². The summed E-state index contributed by atoms with van der Waals surface area (Å²) in [6.45, 7) is 0.689. The molecule has 0 saturated heterocycles. The Morgan fingerprint density at radius 2 is 2.08 bits per heavy atom. The Morgan fingerprint density at radius 1 is 1.17 bits per heavy atom. The van der Waals surface area contributed by atoms with E-state index in [2.05, 4.69) is 33.2 Å². The summed E-state index contributed by atoms with van der Waals surface area (Å²) in [5.41, 5.74) is 2.40. The summed E-state index contributed by atoms with van der Waals surface area (Å²) in [6.07, 6.45) is 2.78. The summed E-state index contributed by atoms with van der Waals surface area (Å²) >= 11 is 3.40. The van der Waals surface area contributed by atoms with Gasteiger partial charge in [-0.15, -0.1) is 11.3 Å². The molecule has 3 rings (SSSR count). The molecule has 0 unspecified atom stereocenters. The van der Waals surface area contributed by atoms with Crippen LogP contribution in [-0.4, -0.2) is 19.2 Å². The lowest BCUT2D eigenvalue weighted by molar-refractivity contribution is 0.349. The maximum Gasteiger partial charge on any atom is 0.165 e. The van der Waals surface area contributed by atoms with Crippen LogP contribution in [0.25, 0.3) is 0 Å². The number of methoxy groups -OCH3 is 2. The predicted molar refractivity (Wildman–Crippen MR) is 99.3 cm³/mol. The van der Waals surface area contributed by atoms with E-state index in [1.54, 1.807) is 36.9 Å². The van der Waals surface area contributed by atoms with Crippen molar-refractivity contribution in [2.45, 2.75) is 19.0 Å². The van der Waals surface area contributed by atoms with Gasteiger partial charge in [-0.2, -0.15) is 11.3 Å². The Bertz CT molecular complexity index is 742. The Kier molecular flexibility index (Phi) is 5.85. The lowest BCUT2D eigenvalue weighted by atomic mass is 10.1. The molecule has 126 valence electrons. The van der Waals surface area contributed by atoms with Gasteiger partial charge in [-0.3, -0.25) is 0 Å². The van der Waals surface area contributed by atoms with E-state index in [1.807, 2.05) is 23.7 Å². The molecule has 2 heterocycles. The number of aromatic nitrogens is 1. The van der Waals surface area contributed by atoms with Crippen molar-refractivity contribution in [2.24, 2.45) is 0 Å². The molecule has 24 heavy (non-hydrogen) atoms. The van der Waals surface area contributed by atoms with E-state index < -0.39 is 0 Å². The number of nitrogens with zero attached hydrogens (tertiary/aromatic N) is 1. The van der Waals surface area contributed by atoms with Gasteiger partial charge in [0.15, 0.2) is 11.5 Å². The topological polar surface area (TPSA) is 43.4 Å². The van der Waals surface area contributed by atoms with Crippen molar-refractivity contribution in [3.8, 4) is 11.5 Å². The quantitative estimate of drug-likeness (QED) is 0.651. The average molecular weight is 361 g/mol. The normalized spacial score (nSPS) is 12.1. The van der Waals surface area contributed by atoms with Crippen LogP contribution in [0.2, 0.25) is 0 Å². The van der Waals surface area contributed by atoms with Crippen LogP contribution in [0.5, 0.6) is 11.5 Å². The molecule has 0 saturated carbocycles. The van der Waals surface area contributed by atoms with Gasteiger partial charge in [0.2, 0.25) is 0 Å². The molecule has 0 aliphatic heterocycles. The molecule has 0 aliphatic rings. The highest BCUT2D eigenvalue weighted by atomic mass is 32.1. The average Bonchev–Trinajstić information content (AvgIpc) is 3.31. The Hall–Kier alpha value is -1.89. The summed E-state index contributed by atoms with van der Waals surface area (Å²) in [5, 5.41) is 11.0. The van der Waals surface area contributed by atoms with Crippen molar-refractivity contribution in [1.29, 1.82) is 0 Å². The van der Waals surface area contributed by atoms with Crippen molar-refractivity contribution >= 4 is 22.7 Å². The van der Waals surface area contributed by atoms with Gasteiger partial charge in [-0.1, -0.05) is 12.1 Å². The highest BCUT2D eigenvalue weighted by molar-refractivity contribution is 7.09. The standard InChI is InChI=1S/C18H20N2O2S2/c1-21-16-5-3-4-14(17(16)22-2)11-20-15(18-19-7-9-24-18)10-13-6-8-23-12-13/h3-9,12,15,20H,10-11H2,1-2H3/t15-/m0/s1. The number of rotatable bonds is 8. The highest BCUT2D eigenvalue weighted by Crippen LogP contribution is 2.31. The van der Waals surface area contributed by atoms with Gasteiger partial charge in [-0.05, 0) is 34.9 Å². The van der Waals surface area contributed by atoms with Gasteiger partial charge in [-0.25, -0.2) is 4.98 Å². The second-order valence-electron chi connectivity index (χ2n) is 5.29. The van der Waals surface area contributed by atoms with Crippen LogP contribution in [0.4, 0.5) is 0 Å². The summed E-state index contributed by atoms with van der Waals surface area (Å²) in [6, 6.07) is 8.29. The molecule has 4 nitrogen and oxygen atoms in total. The van der Waals surface area contributed by atoms with E-state index in [0.29, 0.717) is 6.54 Å². The second-order valence-corrected chi connectivity index (χ2v) is 7.00. The van der Waals surface area contributed by atoms with Gasteiger partial charge in [0.25, 0.3) is 0 Å². The van der Waals surface area contributed by atoms with Gasteiger partial charge in [0.1, 0.15) is 5.01 Å². The Morgan fingerprint density at radius 3 is 2.75 bits per heavy atom. The Balaban J connectivity index is 1.76. The van der Waals surface area contributed by atoms with E-state index >= 15 is 0 Å². The van der Waals surface area contributed by atoms with Gasteiger partial charge >= 0.3 is 0 Å². The van der Waals surface area contributed by atoms with Crippen LogP contribution >= 0.6 is 22.7 Å². The monoisotopic (exact) mass is 360 g/mol. The molecule has 2 aromatic heterocycles. The molecule has 0 aliphatic carbocycles. The molecule has 6 heteroatoms. The first-order valence-electron chi connectivity index (χ1n) is 7.65. The van der Waals surface area contributed by atoms with Crippen molar-refractivity contribution < 1.29 is 9.47 Å². The van der Waals surface area contributed by atoms with Crippen LogP contribution < -0.4 is 14.8 Å². The van der Waals surface area contributed by atoms with E-state index in [9.17, 15) is 0 Å². The van der Waals surface area contributed by atoms with E-state index in [-0.39, 0.29) is 6.04 Å². The maximum atomic E-state index is 5.52. The fourth-order valence-electron chi connectivity index (χ4n) is 2.62. The molecule has 0 fully saturated rings. The number of benzene rings is 1. The molecule has 1 N–H and O–H groups in total. The minimum absolute atomic E-state index is 0.176. The molecule has 0 amide bonds. The molecule has 0 radical (unpaired) electrons. The van der Waals surface area contributed by atoms with E-state index in [1.165, 1.54) is 5.56 Å². The van der Waals surface area contributed by atoms with Crippen LogP contribution in [-0.2, 0) is 13.0 Å². The lowest BCUT2D eigenvalue weighted by Gasteiger charge is -2.18. The number of ether oxygens (including phenoxy) is 2. The van der Waals surface area contributed by atoms with Crippen molar-refractivity contribution in [3.63, 3.8) is 0 Å². The third-order valence-electron chi connectivity index (χ3n) is 3.79. The number of thiazole rings is 1. The second kappa shape index (κ2) is 8.28. The zero-order chi connectivity index (χ0) is 16.8. The van der Waals surface area contributed by atoms with Gasteiger partial charge in [0.05, 0.1) is 20.3 Å². The first-order valence-corrected chi connectivity index (χ1v) is 9.47. The molecular formula is C18H20N2O2S2. The van der Waals surface area contributed by atoms with Crippen molar-refractivity contribution in [3.05, 3.63) is 62.7 Å². The smallest absolute Gasteiger partial charge is 0.165 e. The number of hydrogen-bond donors (Lipinski definition) is 1. The summed E-state index contributed by atoms with van der Waals surface area (Å²) in [7, 11) is 3.33. The molecular weight excluding hydrogens is 340 g/mol. The highest BCUT2D eigenvalue weighted by Gasteiger charge is 2.17. The largest absolute Gasteiger partial charge is 0.493 e. The first-order chi connectivity index (χ1) is 11.8. The summed E-state index contributed by atoms with van der Waals surface area (Å²) in [5.74, 6) is 1.53. The minimum Gasteiger partial charge on any atom is -0.493 e. The van der Waals surface area contributed by atoms with Crippen LogP contribution in [0.1, 0.15) is 22.2 Å². The molecule has 3 aromatic rings. The number of nitrogens with one attached hydrogen (secondary N) is 1. The lowest BCUT2D eigenvalue weighted by Crippen LogP contribution is -2.23. The third-order valence-corrected chi connectivity index (χ3v) is 5.41. The van der Waals surface area contributed by atoms with Crippen LogP contribution in [0.15, 0.2) is 46.6 Å².